The Labute approximate surface area is 68.6 Å². The van der Waals surface area contributed by atoms with Gasteiger partial charge in [0.05, 0.1) is 11.9 Å². The molecule has 12 heavy (non-hydrogen) atoms. The van der Waals surface area contributed by atoms with Gasteiger partial charge in [0.25, 0.3) is 6.43 Å². The Balaban J connectivity index is 2.96. The van der Waals surface area contributed by atoms with Crippen molar-refractivity contribution in [1.82, 2.24) is 9.97 Å². The van der Waals surface area contributed by atoms with Crippen LogP contribution in [0.2, 0.25) is 0 Å². The van der Waals surface area contributed by atoms with E-state index in [0.717, 1.165) is 6.20 Å². The molecule has 0 fully saturated rings. The molecule has 3 nitrogen and oxygen atoms in total. The van der Waals surface area contributed by atoms with Gasteiger partial charge in [-0.15, -0.1) is 0 Å². The standard InChI is InChI=1S/C7H9F2N3/c1-4(10)5-2-11-3-6(12-5)7(8)9/h2-4,7H,10H2,1H3. The van der Waals surface area contributed by atoms with Crippen molar-refractivity contribution in [2.24, 2.45) is 5.73 Å². The number of nitrogens with zero attached hydrogens (tertiary/aromatic N) is 2. The third-order valence-electron chi connectivity index (χ3n) is 1.36. The summed E-state index contributed by atoms with van der Waals surface area (Å²) in [6.45, 7) is 1.67. The number of alkyl halides is 2. The van der Waals surface area contributed by atoms with Crippen molar-refractivity contribution in [2.75, 3.05) is 0 Å². The fourth-order valence-corrected chi connectivity index (χ4v) is 0.721. The van der Waals surface area contributed by atoms with Gasteiger partial charge in [-0.1, -0.05) is 0 Å². The molecule has 66 valence electrons. The summed E-state index contributed by atoms with van der Waals surface area (Å²) in [4.78, 5) is 7.24. The Bertz CT molecular complexity index is 239. The van der Waals surface area contributed by atoms with Crippen LogP contribution in [0.25, 0.3) is 0 Å². The summed E-state index contributed by atoms with van der Waals surface area (Å²) in [6, 6.07) is -0.365. The first-order valence-corrected chi connectivity index (χ1v) is 3.47. The highest BCUT2D eigenvalue weighted by Crippen LogP contribution is 2.16. The van der Waals surface area contributed by atoms with E-state index in [0.29, 0.717) is 5.69 Å². The normalized spacial score (nSPS) is 13.4. The van der Waals surface area contributed by atoms with E-state index >= 15 is 0 Å². The van der Waals surface area contributed by atoms with Gasteiger partial charge in [-0.25, -0.2) is 13.8 Å². The molecule has 0 amide bonds. The summed E-state index contributed by atoms with van der Waals surface area (Å²) in [7, 11) is 0. The van der Waals surface area contributed by atoms with Crippen LogP contribution in [0.15, 0.2) is 12.4 Å². The smallest absolute Gasteiger partial charge is 0.281 e. The van der Waals surface area contributed by atoms with E-state index in [1.165, 1.54) is 6.20 Å². The Kier molecular flexibility index (Phi) is 2.65. The molecule has 1 rings (SSSR count). The summed E-state index contributed by atoms with van der Waals surface area (Å²) in [6.07, 6.45) is -0.163. The van der Waals surface area contributed by atoms with Crippen molar-refractivity contribution in [1.29, 1.82) is 0 Å². The van der Waals surface area contributed by atoms with E-state index in [1.54, 1.807) is 6.92 Å². The van der Waals surface area contributed by atoms with Gasteiger partial charge in [-0.2, -0.15) is 0 Å². The maximum Gasteiger partial charge on any atom is 0.281 e. The van der Waals surface area contributed by atoms with Gasteiger partial charge in [-0.3, -0.25) is 4.98 Å². The van der Waals surface area contributed by atoms with Gasteiger partial charge < -0.3 is 5.73 Å². The van der Waals surface area contributed by atoms with Crippen molar-refractivity contribution >= 4 is 0 Å². The SMILES string of the molecule is CC(N)c1cncc(C(F)F)n1. The minimum absolute atomic E-state index is 0.329. The van der Waals surface area contributed by atoms with Crippen LogP contribution in [0.3, 0.4) is 0 Å². The predicted molar refractivity (Wildman–Crippen MR) is 39.6 cm³/mol. The lowest BCUT2D eigenvalue weighted by molar-refractivity contribution is 0.145. The number of aromatic nitrogens is 2. The van der Waals surface area contributed by atoms with Crippen molar-refractivity contribution in [2.45, 2.75) is 19.4 Å². The van der Waals surface area contributed by atoms with Crippen LogP contribution < -0.4 is 5.73 Å². The van der Waals surface area contributed by atoms with Crippen LogP contribution in [0.1, 0.15) is 30.8 Å². The first kappa shape index (κ1) is 8.99. The zero-order valence-electron chi connectivity index (χ0n) is 6.54. The Morgan fingerprint density at radius 3 is 2.42 bits per heavy atom. The van der Waals surface area contributed by atoms with Crippen LogP contribution in [0, 0.1) is 0 Å². The first-order valence-electron chi connectivity index (χ1n) is 3.47. The molecule has 0 saturated heterocycles. The van der Waals surface area contributed by atoms with Crippen LogP contribution in [0.4, 0.5) is 8.78 Å². The molecule has 1 atom stereocenters. The summed E-state index contributed by atoms with van der Waals surface area (Å²) >= 11 is 0. The molecule has 1 aromatic rings. The average molecular weight is 173 g/mol. The predicted octanol–water partition coefficient (Wildman–Crippen LogP) is 1.43. The molecule has 1 aromatic heterocycles. The minimum atomic E-state index is -2.59. The summed E-state index contributed by atoms with van der Waals surface area (Å²) in [5.74, 6) is 0. The van der Waals surface area contributed by atoms with Crippen LogP contribution in [0.5, 0.6) is 0 Å². The average Bonchev–Trinajstić information content (AvgIpc) is 2.04. The van der Waals surface area contributed by atoms with Gasteiger partial charge in [0.1, 0.15) is 5.69 Å². The highest BCUT2D eigenvalue weighted by molar-refractivity contribution is 5.06. The molecule has 1 unspecified atom stereocenters. The largest absolute Gasteiger partial charge is 0.323 e. The molecule has 0 bridgehead atoms. The van der Waals surface area contributed by atoms with Crippen molar-refractivity contribution in [3.8, 4) is 0 Å². The van der Waals surface area contributed by atoms with Crippen molar-refractivity contribution < 1.29 is 8.78 Å². The van der Waals surface area contributed by atoms with E-state index in [4.69, 9.17) is 5.73 Å². The van der Waals surface area contributed by atoms with Gasteiger partial charge in [-0.05, 0) is 6.92 Å². The lowest BCUT2D eigenvalue weighted by Gasteiger charge is -2.04. The number of nitrogens with two attached hydrogens (primary N) is 1. The molecule has 0 aliphatic carbocycles. The monoisotopic (exact) mass is 173 g/mol. The number of hydrogen-bond acceptors (Lipinski definition) is 3. The second kappa shape index (κ2) is 3.53. The summed E-state index contributed by atoms with van der Waals surface area (Å²) in [5.41, 5.74) is 5.49. The van der Waals surface area contributed by atoms with E-state index in [2.05, 4.69) is 9.97 Å². The van der Waals surface area contributed by atoms with E-state index in [9.17, 15) is 8.78 Å². The molecule has 0 spiro atoms. The zero-order chi connectivity index (χ0) is 9.14. The van der Waals surface area contributed by atoms with Crippen molar-refractivity contribution in [3.05, 3.63) is 23.8 Å². The molecule has 0 aliphatic heterocycles. The highest BCUT2D eigenvalue weighted by Gasteiger charge is 2.10. The molecular weight excluding hydrogens is 164 g/mol. The maximum absolute atomic E-state index is 12.1. The number of rotatable bonds is 2. The van der Waals surface area contributed by atoms with E-state index in [1.807, 2.05) is 0 Å². The second-order valence-corrected chi connectivity index (χ2v) is 2.46. The molecule has 0 aromatic carbocycles. The zero-order valence-corrected chi connectivity index (χ0v) is 6.54. The molecule has 1 heterocycles. The number of hydrogen-bond donors (Lipinski definition) is 1. The third kappa shape index (κ3) is 1.94. The van der Waals surface area contributed by atoms with E-state index < -0.39 is 6.43 Å². The van der Waals surface area contributed by atoms with Crippen molar-refractivity contribution in [3.63, 3.8) is 0 Å². The van der Waals surface area contributed by atoms with Gasteiger partial charge >= 0.3 is 0 Å². The first-order chi connectivity index (χ1) is 5.61. The molecule has 0 radical (unpaired) electrons. The quantitative estimate of drug-likeness (QED) is 0.736. The number of halogens is 2. The summed E-state index contributed by atoms with van der Waals surface area (Å²) < 4.78 is 24.1. The summed E-state index contributed by atoms with van der Waals surface area (Å²) in [5, 5.41) is 0. The lowest BCUT2D eigenvalue weighted by Crippen LogP contribution is -2.09. The second-order valence-electron chi connectivity index (χ2n) is 2.46. The molecule has 0 saturated carbocycles. The van der Waals surface area contributed by atoms with Crippen LogP contribution in [-0.4, -0.2) is 9.97 Å². The fraction of sp³-hybridized carbons (Fsp3) is 0.429. The molecule has 5 heteroatoms. The Hall–Kier alpha value is -1.10. The van der Waals surface area contributed by atoms with Crippen LogP contribution >= 0.6 is 0 Å². The van der Waals surface area contributed by atoms with Gasteiger partial charge in [0.15, 0.2) is 0 Å². The Morgan fingerprint density at radius 2 is 1.92 bits per heavy atom. The van der Waals surface area contributed by atoms with Gasteiger partial charge in [0.2, 0.25) is 0 Å². The lowest BCUT2D eigenvalue weighted by atomic mass is 10.2. The van der Waals surface area contributed by atoms with E-state index in [-0.39, 0.29) is 11.7 Å². The Morgan fingerprint density at radius 1 is 1.33 bits per heavy atom. The molecular formula is C7H9F2N3. The highest BCUT2D eigenvalue weighted by atomic mass is 19.3. The minimum Gasteiger partial charge on any atom is -0.323 e. The third-order valence-corrected chi connectivity index (χ3v) is 1.36. The maximum atomic E-state index is 12.1. The molecule has 0 aliphatic rings. The topological polar surface area (TPSA) is 51.8 Å². The molecule has 2 N–H and O–H groups in total. The van der Waals surface area contributed by atoms with Crippen LogP contribution in [-0.2, 0) is 0 Å². The fourth-order valence-electron chi connectivity index (χ4n) is 0.721. The van der Waals surface area contributed by atoms with Gasteiger partial charge in [0, 0.05) is 12.2 Å².